The molecule has 0 saturated heterocycles. The molecule has 1 atom stereocenters. The van der Waals surface area contributed by atoms with Gasteiger partial charge in [-0.1, -0.05) is 24.0 Å². The van der Waals surface area contributed by atoms with Crippen LogP contribution in [0, 0.1) is 23.5 Å². The lowest BCUT2D eigenvalue weighted by Gasteiger charge is -2.15. The Labute approximate surface area is 180 Å². The molecule has 8 heteroatoms. The maximum absolute atomic E-state index is 14.4. The number of hydrogen-bond acceptors (Lipinski definition) is 5. The van der Waals surface area contributed by atoms with E-state index in [0.29, 0.717) is 23.6 Å². The van der Waals surface area contributed by atoms with Crippen molar-refractivity contribution in [3.05, 3.63) is 71.7 Å². The van der Waals surface area contributed by atoms with Gasteiger partial charge in [0.15, 0.2) is 17.5 Å². The zero-order valence-corrected chi connectivity index (χ0v) is 16.9. The Morgan fingerprint density at radius 1 is 1.19 bits per heavy atom. The number of aromatic amines is 1. The summed E-state index contributed by atoms with van der Waals surface area (Å²) in [4.78, 5) is 16.0. The summed E-state index contributed by atoms with van der Waals surface area (Å²) in [6, 6.07) is 7.60. The van der Waals surface area contributed by atoms with Crippen LogP contribution in [0.4, 0.5) is 14.6 Å². The van der Waals surface area contributed by atoms with Gasteiger partial charge in [0.2, 0.25) is 0 Å². The quantitative estimate of drug-likeness (QED) is 0.444. The molecule has 4 rings (SSSR count). The third kappa shape index (κ3) is 4.52. The fraction of sp³-hybridized carbons (Fsp3) is 0.174. The van der Waals surface area contributed by atoms with E-state index in [2.05, 4.69) is 37.1 Å². The molecular weight excluding hydrogens is 400 g/mol. The summed E-state index contributed by atoms with van der Waals surface area (Å²) in [5, 5.41) is 3.80. The van der Waals surface area contributed by atoms with Gasteiger partial charge in [0, 0.05) is 38.9 Å². The average Bonchev–Trinajstić information content (AvgIpc) is 3.19. The van der Waals surface area contributed by atoms with Crippen molar-refractivity contribution in [2.75, 3.05) is 19.0 Å². The van der Waals surface area contributed by atoms with Gasteiger partial charge in [0.05, 0.1) is 12.2 Å². The number of anilines is 1. The number of benzene rings is 1. The van der Waals surface area contributed by atoms with Gasteiger partial charge < -0.3 is 15.0 Å². The lowest BCUT2D eigenvalue weighted by atomic mass is 10.1. The zero-order valence-electron chi connectivity index (χ0n) is 16.9. The number of nitrogens with one attached hydrogen (secondary N) is 2. The molecule has 0 saturated carbocycles. The highest BCUT2D eigenvalue weighted by atomic mass is 19.1. The van der Waals surface area contributed by atoms with E-state index >= 15 is 0 Å². The van der Waals surface area contributed by atoms with Crippen molar-refractivity contribution < 1.29 is 16.4 Å². The van der Waals surface area contributed by atoms with Gasteiger partial charge >= 0.3 is 0 Å². The van der Waals surface area contributed by atoms with Crippen molar-refractivity contribution in [2.24, 2.45) is 0 Å². The van der Waals surface area contributed by atoms with Gasteiger partial charge in [-0.15, -0.1) is 0 Å². The van der Waals surface area contributed by atoms with E-state index in [1.54, 1.807) is 31.6 Å². The minimum absolute atomic E-state index is 0. The van der Waals surface area contributed by atoms with Crippen LogP contribution in [0.3, 0.4) is 0 Å². The van der Waals surface area contributed by atoms with Gasteiger partial charge in [-0.2, -0.15) is 0 Å². The number of nitrogens with zero attached hydrogens (tertiary/aromatic N) is 3. The number of rotatable bonds is 5. The van der Waals surface area contributed by atoms with Crippen LogP contribution in [0.5, 0.6) is 0 Å². The highest BCUT2D eigenvalue weighted by Gasteiger charge is 2.15. The molecule has 0 aliphatic heterocycles. The van der Waals surface area contributed by atoms with Gasteiger partial charge in [0.1, 0.15) is 18.1 Å². The second-order valence-corrected chi connectivity index (χ2v) is 6.87. The van der Waals surface area contributed by atoms with E-state index in [9.17, 15) is 8.78 Å². The maximum Gasteiger partial charge on any atom is 0.183 e. The lowest BCUT2D eigenvalue weighted by Crippen LogP contribution is -2.10. The highest BCUT2D eigenvalue weighted by molar-refractivity contribution is 5.92. The van der Waals surface area contributed by atoms with Crippen LogP contribution in [0.25, 0.3) is 22.4 Å². The molecule has 0 spiro atoms. The molecule has 3 heterocycles. The molecule has 0 bridgehead atoms. The van der Waals surface area contributed by atoms with E-state index in [0.717, 1.165) is 22.7 Å². The Morgan fingerprint density at radius 2 is 2.00 bits per heavy atom. The number of H-pyrrole nitrogens is 1. The van der Waals surface area contributed by atoms with E-state index in [1.165, 1.54) is 12.1 Å². The fourth-order valence-corrected chi connectivity index (χ4v) is 3.11. The van der Waals surface area contributed by atoms with Crippen molar-refractivity contribution in [2.45, 2.75) is 13.0 Å². The highest BCUT2D eigenvalue weighted by Crippen LogP contribution is 2.28. The van der Waals surface area contributed by atoms with Crippen LogP contribution >= 0.6 is 0 Å². The predicted molar refractivity (Wildman–Crippen MR) is 118 cm³/mol. The Kier molecular flexibility index (Phi) is 5.87. The molecule has 1 aromatic carbocycles. The van der Waals surface area contributed by atoms with Gasteiger partial charge in [-0.25, -0.2) is 23.7 Å². The Hall–Kier alpha value is -3.83. The van der Waals surface area contributed by atoms with Crippen LogP contribution in [-0.4, -0.2) is 33.7 Å². The van der Waals surface area contributed by atoms with Gasteiger partial charge in [-0.05, 0) is 30.7 Å². The molecule has 4 aromatic rings. The van der Waals surface area contributed by atoms with Crippen LogP contribution in [0.1, 0.15) is 26.9 Å². The molecule has 0 aliphatic rings. The Bertz CT molecular complexity index is 1290. The standard InChI is InChI=1S/C23H19F2N5O.2H2/c1-14(16-5-7-17(24)8-6-16)29-23-20(25)13-28-22(30-23)19-12-27-21-18(19)10-15(11-26-21)4-3-9-31-2;;/h5-8,10-14H,9H2,1-2H3,(H,26,27)(H,28,29,30);2*1H/t14-;;/m0../s1. The number of fused-ring (bicyclic) bond motifs is 1. The number of methoxy groups -OCH3 is 1. The first kappa shape index (κ1) is 20.4. The minimum atomic E-state index is -0.582. The van der Waals surface area contributed by atoms with Crippen LogP contribution in [0.15, 0.2) is 48.9 Å². The molecule has 31 heavy (non-hydrogen) atoms. The summed E-state index contributed by atoms with van der Waals surface area (Å²) in [6.45, 7) is 2.16. The van der Waals surface area contributed by atoms with Crippen molar-refractivity contribution in [1.29, 1.82) is 0 Å². The molecule has 0 amide bonds. The summed E-state index contributed by atoms with van der Waals surface area (Å²) < 4.78 is 32.5. The molecule has 0 unspecified atom stereocenters. The molecule has 0 aliphatic carbocycles. The summed E-state index contributed by atoms with van der Waals surface area (Å²) in [6.07, 6.45) is 4.51. The van der Waals surface area contributed by atoms with Crippen molar-refractivity contribution in [3.63, 3.8) is 0 Å². The largest absolute Gasteiger partial charge is 0.372 e. The monoisotopic (exact) mass is 423 g/mol. The van der Waals surface area contributed by atoms with Crippen LogP contribution in [0.2, 0.25) is 0 Å². The third-order valence-corrected chi connectivity index (χ3v) is 4.69. The molecule has 160 valence electrons. The molecule has 2 N–H and O–H groups in total. The van der Waals surface area contributed by atoms with E-state index in [-0.39, 0.29) is 20.5 Å². The summed E-state index contributed by atoms with van der Waals surface area (Å²) >= 11 is 0. The maximum atomic E-state index is 14.4. The first-order chi connectivity index (χ1) is 15.0. The third-order valence-electron chi connectivity index (χ3n) is 4.69. The first-order valence-electron chi connectivity index (χ1n) is 9.55. The van der Waals surface area contributed by atoms with E-state index < -0.39 is 5.82 Å². The number of halogens is 2. The van der Waals surface area contributed by atoms with Crippen molar-refractivity contribution >= 4 is 16.9 Å². The van der Waals surface area contributed by atoms with Crippen LogP contribution < -0.4 is 5.32 Å². The Morgan fingerprint density at radius 3 is 2.77 bits per heavy atom. The molecule has 0 fully saturated rings. The lowest BCUT2D eigenvalue weighted by molar-refractivity contribution is 0.240. The Balaban J connectivity index is 0.00000193. The number of ether oxygens (including phenoxy) is 1. The predicted octanol–water partition coefficient (Wildman–Crippen LogP) is 4.96. The topological polar surface area (TPSA) is 75.7 Å². The molecular formula is C23H23F2N5O. The zero-order chi connectivity index (χ0) is 21.8. The smallest absolute Gasteiger partial charge is 0.183 e. The summed E-state index contributed by atoms with van der Waals surface area (Å²) in [7, 11) is 1.58. The second kappa shape index (κ2) is 8.90. The molecule has 0 radical (unpaired) electrons. The van der Waals surface area contributed by atoms with Gasteiger partial charge in [-0.3, -0.25) is 0 Å². The van der Waals surface area contributed by atoms with E-state index in [4.69, 9.17) is 4.74 Å². The minimum Gasteiger partial charge on any atom is -0.372 e. The van der Waals surface area contributed by atoms with Gasteiger partial charge in [0.25, 0.3) is 0 Å². The fourth-order valence-electron chi connectivity index (χ4n) is 3.11. The van der Waals surface area contributed by atoms with Crippen molar-refractivity contribution in [3.8, 4) is 23.2 Å². The molecule has 3 aromatic heterocycles. The average molecular weight is 423 g/mol. The van der Waals surface area contributed by atoms with Crippen LogP contribution in [-0.2, 0) is 4.74 Å². The second-order valence-electron chi connectivity index (χ2n) is 6.87. The number of aromatic nitrogens is 4. The first-order valence-corrected chi connectivity index (χ1v) is 9.55. The SMILES string of the molecule is COCC#Cc1cnc2[nH]cc(-c3ncc(F)c(N[C@@H](C)c4ccc(F)cc4)n3)c2c1.[HH].[HH]. The summed E-state index contributed by atoms with van der Waals surface area (Å²) in [5.41, 5.74) is 2.84. The molecule has 6 nitrogen and oxygen atoms in total. The van der Waals surface area contributed by atoms with Crippen molar-refractivity contribution in [1.82, 2.24) is 19.9 Å². The summed E-state index contributed by atoms with van der Waals surface area (Å²) in [5.74, 6) is 5.36. The number of pyridine rings is 1. The normalized spacial score (nSPS) is 11.7. The number of hydrogen-bond donors (Lipinski definition) is 2. The van der Waals surface area contributed by atoms with E-state index in [1.807, 2.05) is 13.0 Å².